The van der Waals surface area contributed by atoms with E-state index in [1.54, 1.807) is 12.3 Å². The third-order valence-electron chi connectivity index (χ3n) is 5.06. The van der Waals surface area contributed by atoms with E-state index in [4.69, 9.17) is 11.6 Å². The molecule has 2 aliphatic rings. The highest BCUT2D eigenvalue weighted by molar-refractivity contribution is 6.31. The lowest BCUT2D eigenvalue weighted by atomic mass is 9.84. The number of rotatable bonds is 3. The van der Waals surface area contributed by atoms with Crippen molar-refractivity contribution in [2.45, 2.75) is 19.4 Å². The molecule has 0 saturated carbocycles. The van der Waals surface area contributed by atoms with Crippen molar-refractivity contribution in [2.75, 3.05) is 19.6 Å². The summed E-state index contributed by atoms with van der Waals surface area (Å²) in [5.41, 5.74) is 1.63. The normalized spacial score (nSPS) is 27.6. The van der Waals surface area contributed by atoms with E-state index in [9.17, 15) is 9.90 Å². The average molecular weight is 305 g/mol. The Balaban J connectivity index is 1.80. The third-order valence-corrected chi connectivity index (χ3v) is 5.29. The number of benzene rings is 1. The summed E-state index contributed by atoms with van der Waals surface area (Å²) in [6.07, 6.45) is 4.20. The molecule has 0 amide bonds. The molecule has 1 aromatic carbocycles. The molecule has 21 heavy (non-hydrogen) atoms. The summed E-state index contributed by atoms with van der Waals surface area (Å²) in [6.45, 7) is 4.39. The molecule has 110 valence electrons. The Morgan fingerprint density at radius 3 is 2.71 bits per heavy atom. The van der Waals surface area contributed by atoms with Gasteiger partial charge in [-0.05, 0) is 44.1 Å². The molecule has 0 atom stereocenters. The molecule has 5 heteroatoms. The third kappa shape index (κ3) is 2.05. The molecule has 4 rings (SSSR count). The van der Waals surface area contributed by atoms with Crippen molar-refractivity contribution in [1.82, 2.24) is 9.47 Å². The summed E-state index contributed by atoms with van der Waals surface area (Å²) < 4.78 is 2.12. The van der Waals surface area contributed by atoms with Gasteiger partial charge in [0.05, 0.1) is 5.56 Å². The van der Waals surface area contributed by atoms with Crippen LogP contribution in [0.15, 0.2) is 24.4 Å². The van der Waals surface area contributed by atoms with Crippen molar-refractivity contribution >= 4 is 28.5 Å². The summed E-state index contributed by atoms with van der Waals surface area (Å²) in [6, 6.07) is 5.52. The molecule has 1 aromatic heterocycles. The lowest BCUT2D eigenvalue weighted by Crippen LogP contribution is -2.25. The van der Waals surface area contributed by atoms with E-state index in [-0.39, 0.29) is 0 Å². The molecule has 2 aromatic rings. The zero-order valence-electron chi connectivity index (χ0n) is 11.7. The Hall–Kier alpha value is -1.52. The summed E-state index contributed by atoms with van der Waals surface area (Å²) in [5, 5.41) is 10.7. The van der Waals surface area contributed by atoms with Crippen LogP contribution in [-0.4, -0.2) is 40.2 Å². The van der Waals surface area contributed by atoms with Crippen LogP contribution in [-0.2, 0) is 6.54 Å². The maximum absolute atomic E-state index is 11.5. The van der Waals surface area contributed by atoms with Crippen LogP contribution in [0.4, 0.5) is 0 Å². The largest absolute Gasteiger partial charge is 0.478 e. The fraction of sp³-hybridized carbons (Fsp3) is 0.438. The van der Waals surface area contributed by atoms with E-state index < -0.39 is 5.97 Å². The number of piperidine rings is 1. The number of halogens is 1. The molecule has 3 heterocycles. The Morgan fingerprint density at radius 2 is 2.10 bits per heavy atom. The van der Waals surface area contributed by atoms with Crippen LogP contribution >= 0.6 is 11.6 Å². The number of hydrogen-bond donors (Lipinski definition) is 1. The zero-order chi connectivity index (χ0) is 14.6. The minimum Gasteiger partial charge on any atom is -0.478 e. The summed E-state index contributed by atoms with van der Waals surface area (Å²) in [5.74, 6) is -0.891. The average Bonchev–Trinajstić information content (AvgIpc) is 3.12. The van der Waals surface area contributed by atoms with E-state index in [2.05, 4.69) is 9.47 Å². The lowest BCUT2D eigenvalue weighted by Gasteiger charge is -2.26. The monoisotopic (exact) mass is 304 g/mol. The van der Waals surface area contributed by atoms with Crippen molar-refractivity contribution in [3.8, 4) is 0 Å². The predicted octanol–water partition coefficient (Wildman–Crippen LogP) is 3.09. The fourth-order valence-corrected chi connectivity index (χ4v) is 4.13. The zero-order valence-corrected chi connectivity index (χ0v) is 12.4. The predicted molar refractivity (Wildman–Crippen MR) is 82.0 cm³/mol. The van der Waals surface area contributed by atoms with Crippen LogP contribution in [0, 0.1) is 5.41 Å². The first-order valence-corrected chi connectivity index (χ1v) is 7.68. The van der Waals surface area contributed by atoms with Crippen LogP contribution in [0.5, 0.6) is 0 Å². The smallest absolute Gasteiger partial charge is 0.337 e. The maximum atomic E-state index is 11.5. The van der Waals surface area contributed by atoms with E-state index in [1.165, 1.54) is 25.9 Å². The molecule has 2 fully saturated rings. The van der Waals surface area contributed by atoms with Gasteiger partial charge in [-0.25, -0.2) is 4.79 Å². The van der Waals surface area contributed by atoms with E-state index >= 15 is 0 Å². The minimum atomic E-state index is -0.891. The topological polar surface area (TPSA) is 45.5 Å². The first-order chi connectivity index (χ1) is 10.1. The van der Waals surface area contributed by atoms with Gasteiger partial charge >= 0.3 is 5.97 Å². The van der Waals surface area contributed by atoms with Crippen molar-refractivity contribution in [3.05, 3.63) is 35.0 Å². The van der Waals surface area contributed by atoms with E-state index in [0.717, 1.165) is 24.0 Å². The Kier molecular flexibility index (Phi) is 2.81. The molecule has 2 saturated heterocycles. The van der Waals surface area contributed by atoms with Crippen LogP contribution in [0.1, 0.15) is 23.2 Å². The summed E-state index contributed by atoms with van der Waals surface area (Å²) in [7, 11) is 0. The molecule has 2 aliphatic heterocycles. The number of aromatic nitrogens is 1. The number of aromatic carboxylic acids is 1. The number of carbonyl (C=O) groups is 1. The molecule has 0 aliphatic carbocycles. The highest BCUT2D eigenvalue weighted by Gasteiger charge is 2.43. The maximum Gasteiger partial charge on any atom is 0.337 e. The van der Waals surface area contributed by atoms with Gasteiger partial charge in [-0.15, -0.1) is 0 Å². The van der Waals surface area contributed by atoms with Crippen LogP contribution in [0.25, 0.3) is 10.9 Å². The van der Waals surface area contributed by atoms with Crippen molar-refractivity contribution in [1.29, 1.82) is 0 Å². The number of carboxylic acids is 1. The molecule has 0 spiro atoms. The summed E-state index contributed by atoms with van der Waals surface area (Å²) >= 11 is 6.03. The summed E-state index contributed by atoms with van der Waals surface area (Å²) in [4.78, 5) is 14.0. The quantitative estimate of drug-likeness (QED) is 0.948. The first-order valence-electron chi connectivity index (χ1n) is 7.30. The fourth-order valence-electron chi connectivity index (χ4n) is 3.96. The van der Waals surface area contributed by atoms with E-state index in [1.807, 2.05) is 12.1 Å². The standard InChI is InChI=1S/C16H17ClN2O2/c17-11-1-2-14-12(7-11)13(15(20)21)8-19(14)10-16-3-5-18(9-16)6-4-16/h1-2,7-8H,3-6,9-10H2,(H,20,21). The van der Waals surface area contributed by atoms with E-state index in [0.29, 0.717) is 16.0 Å². The molecular weight excluding hydrogens is 288 g/mol. The minimum absolute atomic E-state index is 0.321. The number of fused-ring (bicyclic) bond motifs is 3. The number of nitrogens with zero attached hydrogens (tertiary/aromatic N) is 2. The Morgan fingerprint density at radius 1 is 1.33 bits per heavy atom. The van der Waals surface area contributed by atoms with Gasteiger partial charge in [-0.3, -0.25) is 0 Å². The van der Waals surface area contributed by atoms with Gasteiger partial charge in [0, 0.05) is 40.6 Å². The molecule has 0 unspecified atom stereocenters. The Labute approximate surface area is 127 Å². The lowest BCUT2D eigenvalue weighted by molar-refractivity contribution is 0.0698. The SMILES string of the molecule is O=C(O)c1cn(CC23CCN(CC2)C3)c2ccc(Cl)cc12. The molecule has 4 nitrogen and oxygen atoms in total. The molecule has 2 bridgehead atoms. The second kappa shape index (κ2) is 4.49. The van der Waals surface area contributed by atoms with Gasteiger partial charge < -0.3 is 14.6 Å². The van der Waals surface area contributed by atoms with Gasteiger partial charge in [-0.2, -0.15) is 0 Å². The molecule has 0 radical (unpaired) electrons. The van der Waals surface area contributed by atoms with Gasteiger partial charge in [0.1, 0.15) is 0 Å². The van der Waals surface area contributed by atoms with Crippen molar-refractivity contribution in [2.24, 2.45) is 5.41 Å². The molecule has 1 N–H and O–H groups in total. The van der Waals surface area contributed by atoms with Gasteiger partial charge in [0.15, 0.2) is 0 Å². The van der Waals surface area contributed by atoms with Gasteiger partial charge in [0.2, 0.25) is 0 Å². The molecular formula is C16H17ClN2O2. The van der Waals surface area contributed by atoms with Crippen LogP contribution < -0.4 is 0 Å². The van der Waals surface area contributed by atoms with Crippen LogP contribution in [0.3, 0.4) is 0 Å². The number of carboxylic acid groups (broad SMARTS) is 1. The van der Waals surface area contributed by atoms with Gasteiger partial charge in [-0.1, -0.05) is 11.6 Å². The number of hydrogen-bond acceptors (Lipinski definition) is 2. The Bertz CT molecular complexity index is 729. The van der Waals surface area contributed by atoms with Crippen molar-refractivity contribution < 1.29 is 9.90 Å². The second-order valence-electron chi connectivity index (χ2n) is 6.41. The highest BCUT2D eigenvalue weighted by Crippen LogP contribution is 2.42. The highest BCUT2D eigenvalue weighted by atomic mass is 35.5. The second-order valence-corrected chi connectivity index (χ2v) is 6.85. The van der Waals surface area contributed by atoms with Crippen LogP contribution in [0.2, 0.25) is 5.02 Å². The van der Waals surface area contributed by atoms with Crippen molar-refractivity contribution in [3.63, 3.8) is 0 Å². The van der Waals surface area contributed by atoms with Gasteiger partial charge in [0.25, 0.3) is 0 Å². The first kappa shape index (κ1) is 13.2.